The van der Waals surface area contributed by atoms with Gasteiger partial charge in [-0.25, -0.2) is 4.79 Å². The number of nitrogens with one attached hydrogen (secondary N) is 1. The number of para-hydroxylation sites is 1. The molecule has 4 rings (SSSR count). The SMILES string of the molecule is CC(C)C[C@@H](C(=O)OCC(=O)Nc1ccccc1-c1ccccc1)N1C(=O)c2ccccc2C1=O. The van der Waals surface area contributed by atoms with Crippen LogP contribution in [0.3, 0.4) is 0 Å². The molecule has 1 atom stereocenters. The van der Waals surface area contributed by atoms with Crippen molar-refractivity contribution in [2.24, 2.45) is 5.92 Å². The van der Waals surface area contributed by atoms with Gasteiger partial charge in [0.25, 0.3) is 17.7 Å². The molecule has 1 N–H and O–H groups in total. The van der Waals surface area contributed by atoms with Crippen LogP contribution < -0.4 is 5.32 Å². The monoisotopic (exact) mass is 470 g/mol. The molecule has 0 fully saturated rings. The Morgan fingerprint density at radius 2 is 1.34 bits per heavy atom. The number of hydrogen-bond acceptors (Lipinski definition) is 5. The van der Waals surface area contributed by atoms with E-state index >= 15 is 0 Å². The van der Waals surface area contributed by atoms with Gasteiger partial charge < -0.3 is 10.1 Å². The van der Waals surface area contributed by atoms with E-state index < -0.39 is 36.3 Å². The van der Waals surface area contributed by atoms with Crippen molar-refractivity contribution in [2.75, 3.05) is 11.9 Å². The van der Waals surface area contributed by atoms with Gasteiger partial charge in [-0.15, -0.1) is 0 Å². The van der Waals surface area contributed by atoms with Crippen LogP contribution in [-0.4, -0.2) is 41.2 Å². The van der Waals surface area contributed by atoms with Crippen LogP contribution >= 0.6 is 0 Å². The topological polar surface area (TPSA) is 92.8 Å². The molecule has 0 saturated heterocycles. The first-order chi connectivity index (χ1) is 16.9. The summed E-state index contributed by atoms with van der Waals surface area (Å²) >= 11 is 0. The maximum absolute atomic E-state index is 13.0. The predicted molar refractivity (Wildman–Crippen MR) is 132 cm³/mol. The van der Waals surface area contributed by atoms with Gasteiger partial charge in [0.1, 0.15) is 6.04 Å². The van der Waals surface area contributed by atoms with Crippen LogP contribution in [0, 0.1) is 5.92 Å². The van der Waals surface area contributed by atoms with Crippen molar-refractivity contribution in [3.05, 3.63) is 90.0 Å². The number of esters is 1. The number of imide groups is 1. The Hall–Kier alpha value is -4.26. The fourth-order valence-electron chi connectivity index (χ4n) is 4.13. The van der Waals surface area contributed by atoms with E-state index in [1.807, 2.05) is 56.3 Å². The predicted octanol–water partition coefficient (Wildman–Crippen LogP) is 4.55. The van der Waals surface area contributed by atoms with Gasteiger partial charge in [0.15, 0.2) is 6.61 Å². The molecule has 0 spiro atoms. The standard InChI is InChI=1S/C28H26N2O5/c1-18(2)16-24(30-26(32)21-13-6-7-14-22(21)27(30)33)28(34)35-17-25(31)29-23-15-9-8-12-20(23)19-10-4-3-5-11-19/h3-15,18,24H,16-17H2,1-2H3,(H,29,31)/t24-/m0/s1. The molecule has 35 heavy (non-hydrogen) atoms. The zero-order valence-electron chi connectivity index (χ0n) is 19.6. The quantitative estimate of drug-likeness (QED) is 0.385. The van der Waals surface area contributed by atoms with Crippen LogP contribution in [0.2, 0.25) is 0 Å². The van der Waals surface area contributed by atoms with Gasteiger partial charge in [-0.3, -0.25) is 19.3 Å². The first-order valence-electron chi connectivity index (χ1n) is 11.4. The summed E-state index contributed by atoms with van der Waals surface area (Å²) in [6.07, 6.45) is 0.225. The number of nitrogens with zero attached hydrogens (tertiary/aromatic N) is 1. The maximum Gasteiger partial charge on any atom is 0.329 e. The molecule has 178 valence electrons. The van der Waals surface area contributed by atoms with E-state index in [-0.39, 0.29) is 23.5 Å². The molecule has 0 radical (unpaired) electrons. The van der Waals surface area contributed by atoms with E-state index in [9.17, 15) is 19.2 Å². The van der Waals surface area contributed by atoms with Crippen LogP contribution in [0.15, 0.2) is 78.9 Å². The minimum absolute atomic E-state index is 0.00318. The van der Waals surface area contributed by atoms with Crippen molar-refractivity contribution in [1.82, 2.24) is 4.90 Å². The first kappa shape index (κ1) is 23.9. The van der Waals surface area contributed by atoms with Crippen molar-refractivity contribution in [3.8, 4) is 11.1 Å². The average Bonchev–Trinajstić information content (AvgIpc) is 3.11. The Bertz CT molecular complexity index is 1230. The highest BCUT2D eigenvalue weighted by Gasteiger charge is 2.43. The first-order valence-corrected chi connectivity index (χ1v) is 11.4. The van der Waals surface area contributed by atoms with Gasteiger partial charge in [-0.2, -0.15) is 0 Å². The third kappa shape index (κ3) is 5.14. The number of carbonyl (C=O) groups is 4. The van der Waals surface area contributed by atoms with E-state index in [2.05, 4.69) is 5.32 Å². The second-order valence-electron chi connectivity index (χ2n) is 8.74. The largest absolute Gasteiger partial charge is 0.454 e. The van der Waals surface area contributed by atoms with Crippen molar-refractivity contribution >= 4 is 29.4 Å². The molecule has 1 aliphatic heterocycles. The summed E-state index contributed by atoms with van der Waals surface area (Å²) in [5.74, 6) is -2.38. The van der Waals surface area contributed by atoms with Gasteiger partial charge in [-0.05, 0) is 36.1 Å². The zero-order chi connectivity index (χ0) is 24.9. The van der Waals surface area contributed by atoms with Gasteiger partial charge in [0, 0.05) is 11.3 Å². The molecule has 3 amide bonds. The van der Waals surface area contributed by atoms with E-state index in [0.29, 0.717) is 5.69 Å². The third-order valence-corrected chi connectivity index (χ3v) is 5.74. The van der Waals surface area contributed by atoms with E-state index in [1.54, 1.807) is 36.4 Å². The van der Waals surface area contributed by atoms with Crippen LogP contribution in [0.25, 0.3) is 11.1 Å². The highest BCUT2D eigenvalue weighted by atomic mass is 16.5. The average molecular weight is 471 g/mol. The van der Waals surface area contributed by atoms with Crippen molar-refractivity contribution in [2.45, 2.75) is 26.3 Å². The summed E-state index contributed by atoms with van der Waals surface area (Å²) < 4.78 is 5.30. The van der Waals surface area contributed by atoms with Crippen molar-refractivity contribution < 1.29 is 23.9 Å². The molecule has 3 aromatic rings. The van der Waals surface area contributed by atoms with Gasteiger partial charge in [-0.1, -0.05) is 74.5 Å². The Balaban J connectivity index is 1.46. The van der Waals surface area contributed by atoms with Crippen LogP contribution in [0.5, 0.6) is 0 Å². The summed E-state index contributed by atoms with van der Waals surface area (Å²) in [7, 11) is 0. The highest BCUT2D eigenvalue weighted by molar-refractivity contribution is 6.22. The lowest BCUT2D eigenvalue weighted by molar-refractivity contribution is -0.151. The lowest BCUT2D eigenvalue weighted by Gasteiger charge is -2.25. The number of carbonyl (C=O) groups excluding carboxylic acids is 4. The molecule has 0 aliphatic carbocycles. The normalized spacial score (nSPS) is 13.5. The van der Waals surface area contributed by atoms with Crippen LogP contribution in [0.1, 0.15) is 41.0 Å². The van der Waals surface area contributed by atoms with Crippen molar-refractivity contribution in [3.63, 3.8) is 0 Å². The molecule has 3 aromatic carbocycles. The lowest BCUT2D eigenvalue weighted by Crippen LogP contribution is -2.46. The van der Waals surface area contributed by atoms with Gasteiger partial charge in [0.05, 0.1) is 11.1 Å². The number of benzene rings is 3. The highest BCUT2D eigenvalue weighted by Crippen LogP contribution is 2.29. The molecular weight excluding hydrogens is 444 g/mol. The number of amides is 3. The Labute approximate surface area is 203 Å². The summed E-state index contributed by atoms with van der Waals surface area (Å²) in [4.78, 5) is 52.4. The minimum atomic E-state index is -1.12. The van der Waals surface area contributed by atoms with E-state index in [4.69, 9.17) is 4.74 Å². The number of rotatable bonds is 8. The molecule has 0 unspecified atom stereocenters. The lowest BCUT2D eigenvalue weighted by atomic mass is 10.0. The molecule has 0 saturated carbocycles. The van der Waals surface area contributed by atoms with Crippen molar-refractivity contribution in [1.29, 1.82) is 0 Å². The molecule has 1 heterocycles. The fraction of sp³-hybridized carbons (Fsp3) is 0.214. The summed E-state index contributed by atoms with van der Waals surface area (Å²) in [5.41, 5.74) is 2.86. The van der Waals surface area contributed by atoms with Gasteiger partial charge in [0.2, 0.25) is 0 Å². The molecule has 7 nitrogen and oxygen atoms in total. The summed E-state index contributed by atoms with van der Waals surface area (Å²) in [6, 6.07) is 22.3. The maximum atomic E-state index is 13.0. The van der Waals surface area contributed by atoms with Crippen LogP contribution in [0.4, 0.5) is 5.69 Å². The fourth-order valence-corrected chi connectivity index (χ4v) is 4.13. The van der Waals surface area contributed by atoms with Crippen LogP contribution in [-0.2, 0) is 14.3 Å². The van der Waals surface area contributed by atoms with E-state index in [1.165, 1.54) is 0 Å². The Morgan fingerprint density at radius 1 is 0.800 bits per heavy atom. The molecule has 0 bridgehead atoms. The second kappa shape index (κ2) is 10.3. The second-order valence-corrected chi connectivity index (χ2v) is 8.74. The number of hydrogen-bond donors (Lipinski definition) is 1. The summed E-state index contributed by atoms with van der Waals surface area (Å²) in [5, 5.41) is 2.78. The summed E-state index contributed by atoms with van der Waals surface area (Å²) in [6.45, 7) is 3.22. The molecular formula is C28H26N2O5. The minimum Gasteiger partial charge on any atom is -0.454 e. The van der Waals surface area contributed by atoms with E-state index in [0.717, 1.165) is 16.0 Å². The zero-order valence-corrected chi connectivity index (χ0v) is 19.6. The Kier molecular flexibility index (Phi) is 7.06. The third-order valence-electron chi connectivity index (χ3n) is 5.74. The molecule has 1 aliphatic rings. The molecule has 0 aromatic heterocycles. The smallest absolute Gasteiger partial charge is 0.329 e. The Morgan fingerprint density at radius 3 is 1.94 bits per heavy atom. The number of fused-ring (bicyclic) bond motifs is 1. The number of ether oxygens (including phenoxy) is 1. The molecule has 7 heteroatoms. The number of anilines is 1. The van der Waals surface area contributed by atoms with Gasteiger partial charge >= 0.3 is 5.97 Å².